The van der Waals surface area contributed by atoms with Gasteiger partial charge in [-0.3, -0.25) is 4.79 Å². The number of thiazole rings is 1. The van der Waals surface area contributed by atoms with Crippen molar-refractivity contribution in [2.45, 2.75) is 26.8 Å². The number of carbonyl (C=O) groups excluding carboxylic acids is 1. The van der Waals surface area contributed by atoms with Crippen LogP contribution in [0.2, 0.25) is 0 Å². The summed E-state index contributed by atoms with van der Waals surface area (Å²) in [4.78, 5) is 17.5. The summed E-state index contributed by atoms with van der Waals surface area (Å²) in [6, 6.07) is 13.8. The summed E-state index contributed by atoms with van der Waals surface area (Å²) in [5, 5.41) is 0. The second-order valence-electron chi connectivity index (χ2n) is 6.01. The fourth-order valence-corrected chi connectivity index (χ4v) is 3.92. The number of hydrogen-bond donors (Lipinski definition) is 0. The maximum atomic E-state index is 12.5. The van der Waals surface area contributed by atoms with Gasteiger partial charge < -0.3 is 9.30 Å². The summed E-state index contributed by atoms with van der Waals surface area (Å²) in [6.07, 6.45) is 2.09. The van der Waals surface area contributed by atoms with Gasteiger partial charge in [-0.25, -0.2) is 0 Å². The molecule has 0 atom stereocenters. The van der Waals surface area contributed by atoms with E-state index < -0.39 is 0 Å². The molecule has 4 nitrogen and oxygen atoms in total. The number of rotatable bonds is 6. The van der Waals surface area contributed by atoms with Crippen molar-refractivity contribution in [1.82, 2.24) is 4.57 Å². The standard InChI is InChI=1S/C21H22N2O2S/c1-4-12-23-18-11-6-15(3)13-19(18)26-21(23)22-20(24)14-16-7-9-17(10-8-16)25-5-2/h4,6-11,13H,1,5,12,14H2,2-3H3. The van der Waals surface area contributed by atoms with Gasteiger partial charge in [0.2, 0.25) is 0 Å². The molecule has 1 amide bonds. The predicted octanol–water partition coefficient (Wildman–Crippen LogP) is 4.27. The molecule has 0 saturated carbocycles. The minimum atomic E-state index is -0.157. The SMILES string of the molecule is C=CCn1c(=NC(=O)Cc2ccc(OCC)cc2)sc2cc(C)ccc21. The van der Waals surface area contributed by atoms with Crippen LogP contribution in [0.5, 0.6) is 5.75 Å². The number of fused-ring (bicyclic) bond motifs is 1. The minimum Gasteiger partial charge on any atom is -0.494 e. The molecule has 0 fully saturated rings. The number of hydrogen-bond acceptors (Lipinski definition) is 3. The number of aromatic nitrogens is 1. The van der Waals surface area contributed by atoms with Gasteiger partial charge in [-0.15, -0.1) is 6.58 Å². The van der Waals surface area contributed by atoms with Crippen LogP contribution in [0.1, 0.15) is 18.1 Å². The van der Waals surface area contributed by atoms with Crippen molar-refractivity contribution in [3.63, 3.8) is 0 Å². The average Bonchev–Trinajstić information content (AvgIpc) is 2.93. The fraction of sp³-hybridized carbons (Fsp3) is 0.238. The Morgan fingerprint density at radius 1 is 1.27 bits per heavy atom. The van der Waals surface area contributed by atoms with Crippen molar-refractivity contribution in [1.29, 1.82) is 0 Å². The third kappa shape index (κ3) is 4.11. The van der Waals surface area contributed by atoms with E-state index in [4.69, 9.17) is 4.74 Å². The lowest BCUT2D eigenvalue weighted by Crippen LogP contribution is -2.16. The highest BCUT2D eigenvalue weighted by Crippen LogP contribution is 2.19. The molecule has 0 N–H and O–H groups in total. The number of carbonyl (C=O) groups is 1. The van der Waals surface area contributed by atoms with Gasteiger partial charge in [0, 0.05) is 6.54 Å². The van der Waals surface area contributed by atoms with Gasteiger partial charge in [-0.05, 0) is 49.2 Å². The first kappa shape index (κ1) is 18.1. The van der Waals surface area contributed by atoms with Gasteiger partial charge in [-0.1, -0.05) is 35.6 Å². The van der Waals surface area contributed by atoms with Crippen molar-refractivity contribution in [2.24, 2.45) is 4.99 Å². The number of benzene rings is 2. The maximum Gasteiger partial charge on any atom is 0.252 e. The molecule has 0 saturated heterocycles. The smallest absolute Gasteiger partial charge is 0.252 e. The fourth-order valence-electron chi connectivity index (χ4n) is 2.76. The Bertz CT molecular complexity index is 997. The molecule has 26 heavy (non-hydrogen) atoms. The maximum absolute atomic E-state index is 12.5. The van der Waals surface area contributed by atoms with Crippen molar-refractivity contribution in [3.8, 4) is 5.75 Å². The molecule has 0 bridgehead atoms. The molecule has 0 aliphatic heterocycles. The van der Waals surface area contributed by atoms with Crippen LogP contribution in [0, 0.1) is 6.92 Å². The first-order valence-corrected chi connectivity index (χ1v) is 9.42. The summed E-state index contributed by atoms with van der Waals surface area (Å²) in [7, 11) is 0. The molecule has 5 heteroatoms. The van der Waals surface area contributed by atoms with Gasteiger partial charge in [0.1, 0.15) is 5.75 Å². The molecular formula is C21H22N2O2S. The third-order valence-corrected chi connectivity index (χ3v) is 5.00. The quantitative estimate of drug-likeness (QED) is 0.612. The van der Waals surface area contributed by atoms with Crippen molar-refractivity contribution in [3.05, 3.63) is 71.0 Å². The van der Waals surface area contributed by atoms with Crippen LogP contribution in [0.4, 0.5) is 0 Å². The topological polar surface area (TPSA) is 43.6 Å². The van der Waals surface area contributed by atoms with E-state index in [0.29, 0.717) is 18.0 Å². The normalized spacial score (nSPS) is 11.7. The second kappa shape index (κ2) is 8.15. The molecular weight excluding hydrogens is 344 g/mol. The van der Waals surface area contributed by atoms with E-state index in [-0.39, 0.29) is 12.3 Å². The largest absolute Gasteiger partial charge is 0.494 e. The molecule has 3 aromatic rings. The van der Waals surface area contributed by atoms with Gasteiger partial charge in [-0.2, -0.15) is 4.99 Å². The summed E-state index contributed by atoms with van der Waals surface area (Å²) < 4.78 is 8.58. The highest BCUT2D eigenvalue weighted by Gasteiger charge is 2.08. The van der Waals surface area contributed by atoms with Crippen LogP contribution in [0.3, 0.4) is 0 Å². The van der Waals surface area contributed by atoms with Crippen LogP contribution in [-0.2, 0) is 17.8 Å². The van der Waals surface area contributed by atoms with E-state index in [9.17, 15) is 4.79 Å². The molecule has 2 aromatic carbocycles. The van der Waals surface area contributed by atoms with Gasteiger partial charge >= 0.3 is 0 Å². The van der Waals surface area contributed by atoms with E-state index in [0.717, 1.165) is 21.5 Å². The van der Waals surface area contributed by atoms with E-state index in [1.54, 1.807) is 0 Å². The van der Waals surface area contributed by atoms with E-state index in [1.807, 2.05) is 41.8 Å². The van der Waals surface area contributed by atoms with Crippen LogP contribution < -0.4 is 9.54 Å². The third-order valence-electron chi connectivity index (χ3n) is 3.96. The molecule has 0 unspecified atom stereocenters. The first-order valence-electron chi connectivity index (χ1n) is 8.61. The van der Waals surface area contributed by atoms with E-state index >= 15 is 0 Å². The monoisotopic (exact) mass is 366 g/mol. The number of ether oxygens (including phenoxy) is 1. The lowest BCUT2D eigenvalue weighted by molar-refractivity contribution is -0.117. The zero-order chi connectivity index (χ0) is 18.5. The molecule has 0 aliphatic carbocycles. The minimum absolute atomic E-state index is 0.157. The molecule has 0 aliphatic rings. The second-order valence-corrected chi connectivity index (χ2v) is 7.02. The number of amides is 1. The Balaban J connectivity index is 1.89. The molecule has 0 radical (unpaired) electrons. The van der Waals surface area contributed by atoms with Gasteiger partial charge in [0.25, 0.3) is 5.91 Å². The molecule has 1 aromatic heterocycles. The number of allylic oxidation sites excluding steroid dienone is 1. The lowest BCUT2D eigenvalue weighted by Gasteiger charge is -2.03. The van der Waals surface area contributed by atoms with Crippen LogP contribution >= 0.6 is 11.3 Å². The number of nitrogens with zero attached hydrogens (tertiary/aromatic N) is 2. The highest BCUT2D eigenvalue weighted by atomic mass is 32.1. The van der Waals surface area contributed by atoms with Crippen LogP contribution in [-0.4, -0.2) is 17.1 Å². The zero-order valence-electron chi connectivity index (χ0n) is 15.1. The molecule has 0 spiro atoms. The average molecular weight is 366 g/mol. The molecule has 3 rings (SSSR count). The van der Waals surface area contributed by atoms with Crippen molar-refractivity contribution in [2.75, 3.05) is 6.61 Å². The Labute approximate surface area is 157 Å². The van der Waals surface area contributed by atoms with E-state index in [2.05, 4.69) is 36.7 Å². The summed E-state index contributed by atoms with van der Waals surface area (Å²) in [6.45, 7) is 9.07. The highest BCUT2D eigenvalue weighted by molar-refractivity contribution is 7.16. The zero-order valence-corrected chi connectivity index (χ0v) is 15.9. The van der Waals surface area contributed by atoms with Gasteiger partial charge in [0.15, 0.2) is 4.80 Å². The van der Waals surface area contributed by atoms with Crippen molar-refractivity contribution >= 4 is 27.5 Å². The Morgan fingerprint density at radius 3 is 2.73 bits per heavy atom. The Kier molecular flexibility index (Phi) is 5.68. The summed E-state index contributed by atoms with van der Waals surface area (Å²) in [5.74, 6) is 0.652. The first-order chi connectivity index (χ1) is 12.6. The van der Waals surface area contributed by atoms with Gasteiger partial charge in [0.05, 0.1) is 23.2 Å². The summed E-state index contributed by atoms with van der Waals surface area (Å²) >= 11 is 1.53. The van der Waals surface area contributed by atoms with Crippen LogP contribution in [0.25, 0.3) is 10.2 Å². The van der Waals surface area contributed by atoms with Crippen LogP contribution in [0.15, 0.2) is 60.1 Å². The number of aryl methyl sites for hydroxylation is 1. The Morgan fingerprint density at radius 2 is 2.04 bits per heavy atom. The predicted molar refractivity (Wildman–Crippen MR) is 107 cm³/mol. The van der Waals surface area contributed by atoms with Crippen molar-refractivity contribution < 1.29 is 9.53 Å². The summed E-state index contributed by atoms with van der Waals surface area (Å²) in [5.41, 5.74) is 3.19. The Hall–Kier alpha value is -2.66. The van der Waals surface area contributed by atoms with E-state index in [1.165, 1.54) is 16.9 Å². The molecule has 134 valence electrons. The lowest BCUT2D eigenvalue weighted by atomic mass is 10.1. The molecule has 1 heterocycles.